The maximum absolute atomic E-state index is 12.9. The molecule has 0 aliphatic carbocycles. The molecule has 1 fully saturated rings. The van der Waals surface area contributed by atoms with Gasteiger partial charge in [0.15, 0.2) is 17.1 Å². The van der Waals surface area contributed by atoms with Gasteiger partial charge in [0.2, 0.25) is 5.91 Å². The highest BCUT2D eigenvalue weighted by Gasteiger charge is 2.27. The smallest absolute Gasteiger partial charge is 0.227 e. The first-order valence-electron chi connectivity index (χ1n) is 9.47. The number of fused-ring (bicyclic) bond motifs is 1. The molecular formula is C21H24N4O3. The van der Waals surface area contributed by atoms with Crippen molar-refractivity contribution >= 4 is 16.9 Å². The van der Waals surface area contributed by atoms with Crippen molar-refractivity contribution in [2.75, 3.05) is 27.3 Å². The first kappa shape index (κ1) is 18.3. The number of carbonyl (C=O) groups excluding carboxylic acids is 1. The Morgan fingerprint density at radius 1 is 1.25 bits per heavy atom. The van der Waals surface area contributed by atoms with Crippen molar-refractivity contribution in [3.63, 3.8) is 0 Å². The van der Waals surface area contributed by atoms with Gasteiger partial charge in [-0.1, -0.05) is 6.07 Å². The van der Waals surface area contributed by atoms with E-state index in [0.29, 0.717) is 24.5 Å². The lowest BCUT2D eigenvalue weighted by Crippen LogP contribution is -2.40. The highest BCUT2D eigenvalue weighted by Crippen LogP contribution is 2.31. The summed E-state index contributed by atoms with van der Waals surface area (Å²) in [6.45, 7) is 1.48. The average molecular weight is 380 g/mol. The van der Waals surface area contributed by atoms with Gasteiger partial charge in [0, 0.05) is 36.3 Å². The van der Waals surface area contributed by atoms with Crippen LogP contribution in [-0.4, -0.2) is 53.3 Å². The summed E-state index contributed by atoms with van der Waals surface area (Å²) in [6.07, 6.45) is 4.10. The molecule has 1 aromatic carbocycles. The maximum Gasteiger partial charge on any atom is 0.227 e. The molecule has 1 N–H and O–H groups in total. The molecule has 0 saturated carbocycles. The van der Waals surface area contributed by atoms with Crippen molar-refractivity contribution in [3.05, 3.63) is 47.8 Å². The minimum absolute atomic E-state index is 0.124. The van der Waals surface area contributed by atoms with Crippen LogP contribution in [0, 0.1) is 0 Å². The molecule has 0 bridgehead atoms. The van der Waals surface area contributed by atoms with E-state index in [1.165, 1.54) is 0 Å². The van der Waals surface area contributed by atoms with Crippen molar-refractivity contribution in [2.24, 2.45) is 0 Å². The number of hydrogen-bond donors (Lipinski definition) is 1. The molecule has 3 heterocycles. The molecule has 1 atom stereocenters. The van der Waals surface area contributed by atoms with E-state index in [1.54, 1.807) is 20.4 Å². The molecule has 1 aliphatic heterocycles. The van der Waals surface area contributed by atoms with E-state index in [9.17, 15) is 4.79 Å². The van der Waals surface area contributed by atoms with Crippen LogP contribution in [-0.2, 0) is 11.2 Å². The van der Waals surface area contributed by atoms with Crippen molar-refractivity contribution in [3.8, 4) is 11.5 Å². The number of nitrogens with one attached hydrogen (secondary N) is 1. The Morgan fingerprint density at radius 2 is 2.11 bits per heavy atom. The second kappa shape index (κ2) is 7.88. The zero-order valence-electron chi connectivity index (χ0n) is 16.1. The molecule has 1 amide bonds. The summed E-state index contributed by atoms with van der Waals surface area (Å²) >= 11 is 0. The average Bonchev–Trinajstić information content (AvgIpc) is 3.18. The van der Waals surface area contributed by atoms with E-state index in [0.717, 1.165) is 41.7 Å². The maximum atomic E-state index is 12.9. The van der Waals surface area contributed by atoms with E-state index in [4.69, 9.17) is 9.47 Å². The number of aromatic amines is 1. The van der Waals surface area contributed by atoms with E-state index >= 15 is 0 Å². The van der Waals surface area contributed by atoms with Gasteiger partial charge in [-0.3, -0.25) is 9.89 Å². The highest BCUT2D eigenvalue weighted by atomic mass is 16.5. The minimum Gasteiger partial charge on any atom is -0.493 e. The van der Waals surface area contributed by atoms with Gasteiger partial charge < -0.3 is 14.4 Å². The minimum atomic E-state index is 0.124. The summed E-state index contributed by atoms with van der Waals surface area (Å²) < 4.78 is 10.6. The van der Waals surface area contributed by atoms with Crippen LogP contribution >= 0.6 is 0 Å². The number of rotatable bonds is 5. The molecule has 1 aliphatic rings. The summed E-state index contributed by atoms with van der Waals surface area (Å²) in [6, 6.07) is 9.57. The summed E-state index contributed by atoms with van der Waals surface area (Å²) in [5.74, 6) is 1.67. The SMILES string of the molecule is COc1ccc(CC(=O)N2CCC[C@H](c3[nH]nc4ncccc34)C2)cc1OC. The Kier molecular flexibility index (Phi) is 5.14. The number of carbonyl (C=O) groups is 1. The Morgan fingerprint density at radius 3 is 2.93 bits per heavy atom. The number of ether oxygens (including phenoxy) is 2. The van der Waals surface area contributed by atoms with Crippen LogP contribution in [0.3, 0.4) is 0 Å². The number of methoxy groups -OCH3 is 2. The van der Waals surface area contributed by atoms with Crippen LogP contribution in [0.4, 0.5) is 0 Å². The van der Waals surface area contributed by atoms with E-state index in [2.05, 4.69) is 15.2 Å². The van der Waals surface area contributed by atoms with E-state index in [1.807, 2.05) is 35.2 Å². The lowest BCUT2D eigenvalue weighted by molar-refractivity contribution is -0.131. The van der Waals surface area contributed by atoms with E-state index in [-0.39, 0.29) is 11.8 Å². The van der Waals surface area contributed by atoms with Gasteiger partial charge in [-0.2, -0.15) is 5.10 Å². The fraction of sp³-hybridized carbons (Fsp3) is 0.381. The number of piperidine rings is 1. The molecule has 2 aromatic heterocycles. The van der Waals surface area contributed by atoms with Crippen molar-refractivity contribution in [1.29, 1.82) is 0 Å². The molecule has 146 valence electrons. The largest absolute Gasteiger partial charge is 0.493 e. The Labute approximate surface area is 163 Å². The molecular weight excluding hydrogens is 356 g/mol. The predicted octanol–water partition coefficient (Wildman–Crippen LogP) is 2.92. The number of aromatic nitrogens is 3. The van der Waals surface area contributed by atoms with Gasteiger partial charge in [0.25, 0.3) is 0 Å². The number of H-pyrrole nitrogens is 1. The van der Waals surface area contributed by atoms with Gasteiger partial charge in [0.1, 0.15) is 0 Å². The second-order valence-corrected chi connectivity index (χ2v) is 7.06. The van der Waals surface area contributed by atoms with Crippen molar-refractivity contribution < 1.29 is 14.3 Å². The lowest BCUT2D eigenvalue weighted by Gasteiger charge is -2.32. The predicted molar refractivity (Wildman–Crippen MR) is 106 cm³/mol. The number of hydrogen-bond acceptors (Lipinski definition) is 5. The molecule has 28 heavy (non-hydrogen) atoms. The lowest BCUT2D eigenvalue weighted by atomic mass is 9.93. The second-order valence-electron chi connectivity index (χ2n) is 7.06. The third-order valence-corrected chi connectivity index (χ3v) is 5.34. The number of benzene rings is 1. The topological polar surface area (TPSA) is 80.3 Å². The standard InChI is InChI=1S/C21H24N4O3/c1-27-17-8-7-14(11-18(17)28-2)12-19(26)25-10-4-5-15(13-25)20-16-6-3-9-22-21(16)24-23-20/h3,6-9,11,15H,4-5,10,12-13H2,1-2H3,(H,22,23,24)/t15-/m0/s1. The third-order valence-electron chi connectivity index (χ3n) is 5.34. The van der Waals surface area contributed by atoms with E-state index < -0.39 is 0 Å². The van der Waals surface area contributed by atoms with Crippen molar-refractivity contribution in [2.45, 2.75) is 25.2 Å². The van der Waals surface area contributed by atoms with Crippen LogP contribution in [0.15, 0.2) is 36.5 Å². The third kappa shape index (κ3) is 3.52. The first-order valence-corrected chi connectivity index (χ1v) is 9.47. The summed E-state index contributed by atoms with van der Waals surface area (Å²) in [4.78, 5) is 19.2. The molecule has 3 aromatic rings. The van der Waals surface area contributed by atoms with Crippen LogP contribution < -0.4 is 9.47 Å². The number of pyridine rings is 1. The quantitative estimate of drug-likeness (QED) is 0.736. The monoisotopic (exact) mass is 380 g/mol. The van der Waals surface area contributed by atoms with Crippen molar-refractivity contribution in [1.82, 2.24) is 20.1 Å². The fourth-order valence-electron chi connectivity index (χ4n) is 3.90. The normalized spacial score (nSPS) is 16.9. The van der Waals surface area contributed by atoms with Gasteiger partial charge in [0.05, 0.1) is 20.6 Å². The number of amides is 1. The van der Waals surface area contributed by atoms with Crippen LogP contribution in [0.25, 0.3) is 11.0 Å². The van der Waals surface area contributed by atoms with Gasteiger partial charge in [-0.25, -0.2) is 4.98 Å². The van der Waals surface area contributed by atoms with Crippen LogP contribution in [0.2, 0.25) is 0 Å². The summed E-state index contributed by atoms with van der Waals surface area (Å²) in [5.41, 5.74) is 2.72. The van der Waals surface area contributed by atoms with Crippen LogP contribution in [0.1, 0.15) is 30.0 Å². The number of nitrogens with zero attached hydrogens (tertiary/aromatic N) is 3. The Bertz CT molecular complexity index is 985. The van der Waals surface area contributed by atoms with Crippen LogP contribution in [0.5, 0.6) is 11.5 Å². The zero-order chi connectivity index (χ0) is 19.5. The Hall–Kier alpha value is -3.09. The molecule has 7 nitrogen and oxygen atoms in total. The molecule has 4 rings (SSSR count). The summed E-state index contributed by atoms with van der Waals surface area (Å²) in [7, 11) is 3.20. The number of likely N-dealkylation sites (tertiary alicyclic amines) is 1. The molecule has 1 saturated heterocycles. The molecule has 0 spiro atoms. The Balaban J connectivity index is 1.48. The fourth-order valence-corrected chi connectivity index (χ4v) is 3.90. The van der Waals surface area contributed by atoms with Gasteiger partial charge >= 0.3 is 0 Å². The molecule has 7 heteroatoms. The summed E-state index contributed by atoms with van der Waals surface area (Å²) in [5, 5.41) is 8.48. The van der Waals surface area contributed by atoms with Gasteiger partial charge in [-0.05, 0) is 42.7 Å². The zero-order valence-corrected chi connectivity index (χ0v) is 16.1. The highest BCUT2D eigenvalue weighted by molar-refractivity contribution is 5.80. The van der Waals surface area contributed by atoms with Gasteiger partial charge in [-0.15, -0.1) is 0 Å². The first-order chi connectivity index (χ1) is 13.7. The molecule has 0 unspecified atom stereocenters. The molecule has 0 radical (unpaired) electrons.